The second-order valence-corrected chi connectivity index (χ2v) is 7.31. The van der Waals surface area contributed by atoms with Gasteiger partial charge in [-0.05, 0) is 48.0 Å². The fourth-order valence-electron chi connectivity index (χ4n) is 3.07. The summed E-state index contributed by atoms with van der Waals surface area (Å²) in [7, 11) is 0. The maximum Gasteiger partial charge on any atom is 0.142 e. The molecule has 0 spiro atoms. The number of ether oxygens (including phenoxy) is 1. The van der Waals surface area contributed by atoms with Gasteiger partial charge in [-0.3, -0.25) is 0 Å². The molecule has 1 heterocycles. The summed E-state index contributed by atoms with van der Waals surface area (Å²) in [4.78, 5) is 4.38. The van der Waals surface area contributed by atoms with E-state index in [4.69, 9.17) is 33.7 Å². The first-order valence-electron chi connectivity index (χ1n) is 9.04. The molecule has 0 saturated carbocycles. The van der Waals surface area contributed by atoms with E-state index in [2.05, 4.69) is 11.1 Å². The number of anilines is 1. The van der Waals surface area contributed by atoms with Gasteiger partial charge in [-0.25, -0.2) is 4.98 Å². The highest BCUT2D eigenvalue weighted by Crippen LogP contribution is 2.35. The minimum absolute atomic E-state index is 0.144. The molecule has 0 atom stereocenters. The second-order valence-electron chi connectivity index (χ2n) is 6.50. The number of hydrogen-bond acceptors (Lipinski definition) is 4. The van der Waals surface area contributed by atoms with Gasteiger partial charge in [0.05, 0.1) is 15.7 Å². The van der Waals surface area contributed by atoms with E-state index in [1.54, 1.807) is 18.2 Å². The van der Waals surface area contributed by atoms with Crippen LogP contribution in [0.3, 0.4) is 0 Å². The SMILES string of the molecule is N#Cc1c(-c2cccc(Oc3ccccc3)c2)cc(-c2ccc(Cl)c(Cl)c2)nc1N. The van der Waals surface area contributed by atoms with Gasteiger partial charge in [0.25, 0.3) is 0 Å². The van der Waals surface area contributed by atoms with E-state index in [1.165, 1.54) is 0 Å². The average Bonchev–Trinajstić information content (AvgIpc) is 2.76. The van der Waals surface area contributed by atoms with E-state index in [9.17, 15) is 5.26 Å². The first-order chi connectivity index (χ1) is 14.5. The van der Waals surface area contributed by atoms with Crippen LogP contribution in [0.15, 0.2) is 78.9 Å². The summed E-state index contributed by atoms with van der Waals surface area (Å²) in [5.74, 6) is 1.51. The number of para-hydroxylation sites is 1. The van der Waals surface area contributed by atoms with Gasteiger partial charge in [-0.1, -0.05) is 59.6 Å². The third kappa shape index (κ3) is 4.08. The van der Waals surface area contributed by atoms with Crippen molar-refractivity contribution in [1.82, 2.24) is 4.98 Å². The topological polar surface area (TPSA) is 71.9 Å². The molecule has 0 saturated heterocycles. The van der Waals surface area contributed by atoms with Crippen LogP contribution in [-0.2, 0) is 0 Å². The number of nitrogen functional groups attached to an aromatic ring is 1. The quantitative estimate of drug-likeness (QED) is 0.378. The number of nitriles is 1. The first kappa shape index (κ1) is 19.8. The van der Waals surface area contributed by atoms with Crippen LogP contribution in [0.2, 0.25) is 10.0 Å². The number of aromatic nitrogens is 1. The standard InChI is InChI=1S/C24H15Cl2N3O/c25-21-10-9-16(12-22(21)26)23-13-19(20(14-27)24(28)29-23)15-5-4-8-18(11-15)30-17-6-2-1-3-7-17/h1-13H,(H2,28,29). The molecule has 4 nitrogen and oxygen atoms in total. The first-order valence-corrected chi connectivity index (χ1v) is 9.80. The summed E-state index contributed by atoms with van der Waals surface area (Å²) >= 11 is 12.2. The van der Waals surface area contributed by atoms with Crippen LogP contribution in [0, 0.1) is 11.3 Å². The lowest BCUT2D eigenvalue weighted by Gasteiger charge is -2.12. The van der Waals surface area contributed by atoms with E-state index in [0.717, 1.165) is 16.9 Å². The summed E-state index contributed by atoms with van der Waals surface area (Å²) in [6.07, 6.45) is 0. The number of nitrogens with two attached hydrogens (primary N) is 1. The molecule has 0 aliphatic rings. The van der Waals surface area contributed by atoms with Crippen molar-refractivity contribution in [3.63, 3.8) is 0 Å². The van der Waals surface area contributed by atoms with Crippen LogP contribution in [0.1, 0.15) is 5.56 Å². The molecular formula is C24H15Cl2N3O. The summed E-state index contributed by atoms with van der Waals surface area (Å²) in [6, 6.07) is 26.1. The predicted molar refractivity (Wildman–Crippen MR) is 121 cm³/mol. The second kappa shape index (κ2) is 8.46. The molecule has 30 heavy (non-hydrogen) atoms. The third-order valence-electron chi connectivity index (χ3n) is 4.50. The molecule has 4 aromatic rings. The van der Waals surface area contributed by atoms with Gasteiger partial charge in [0.15, 0.2) is 0 Å². The lowest BCUT2D eigenvalue weighted by molar-refractivity contribution is 0.483. The Morgan fingerprint density at radius 2 is 1.57 bits per heavy atom. The Hall–Kier alpha value is -3.52. The predicted octanol–water partition coefficient (Wildman–Crippen LogP) is 6.97. The molecule has 6 heteroatoms. The number of halogens is 2. The summed E-state index contributed by atoms with van der Waals surface area (Å²) in [6.45, 7) is 0. The van der Waals surface area contributed by atoms with Crippen molar-refractivity contribution in [3.8, 4) is 40.0 Å². The number of pyridine rings is 1. The minimum atomic E-state index is 0.144. The van der Waals surface area contributed by atoms with Gasteiger partial charge in [-0.15, -0.1) is 0 Å². The monoisotopic (exact) mass is 431 g/mol. The van der Waals surface area contributed by atoms with E-state index in [0.29, 0.717) is 32.6 Å². The van der Waals surface area contributed by atoms with Crippen LogP contribution in [-0.4, -0.2) is 4.98 Å². The van der Waals surface area contributed by atoms with Gasteiger partial charge < -0.3 is 10.5 Å². The van der Waals surface area contributed by atoms with Crippen molar-refractivity contribution in [2.75, 3.05) is 5.73 Å². The molecule has 1 aromatic heterocycles. The molecule has 0 aliphatic carbocycles. The van der Waals surface area contributed by atoms with Crippen molar-refractivity contribution in [2.45, 2.75) is 0 Å². The van der Waals surface area contributed by atoms with E-state index in [1.807, 2.05) is 60.7 Å². The highest BCUT2D eigenvalue weighted by Gasteiger charge is 2.15. The molecule has 0 aliphatic heterocycles. The molecule has 0 radical (unpaired) electrons. The van der Waals surface area contributed by atoms with E-state index >= 15 is 0 Å². The van der Waals surface area contributed by atoms with Crippen molar-refractivity contribution in [3.05, 3.63) is 94.5 Å². The maximum absolute atomic E-state index is 9.67. The van der Waals surface area contributed by atoms with Gasteiger partial charge in [-0.2, -0.15) is 5.26 Å². The molecule has 2 N–H and O–H groups in total. The smallest absolute Gasteiger partial charge is 0.142 e. The Morgan fingerprint density at radius 3 is 2.30 bits per heavy atom. The maximum atomic E-state index is 9.67. The van der Waals surface area contributed by atoms with Gasteiger partial charge in [0.2, 0.25) is 0 Å². The largest absolute Gasteiger partial charge is 0.457 e. The minimum Gasteiger partial charge on any atom is -0.457 e. The number of benzene rings is 3. The zero-order chi connectivity index (χ0) is 21.1. The molecule has 4 rings (SSSR count). The van der Waals surface area contributed by atoms with Crippen molar-refractivity contribution in [1.29, 1.82) is 5.26 Å². The molecule has 0 fully saturated rings. The fourth-order valence-corrected chi connectivity index (χ4v) is 3.36. The molecular weight excluding hydrogens is 417 g/mol. The Balaban J connectivity index is 1.80. The Bertz CT molecular complexity index is 1270. The zero-order valence-electron chi connectivity index (χ0n) is 15.6. The third-order valence-corrected chi connectivity index (χ3v) is 5.24. The van der Waals surface area contributed by atoms with E-state index in [-0.39, 0.29) is 5.82 Å². The lowest BCUT2D eigenvalue weighted by Crippen LogP contribution is -2.00. The Kier molecular flexibility index (Phi) is 5.58. The van der Waals surface area contributed by atoms with Gasteiger partial charge >= 0.3 is 0 Å². The van der Waals surface area contributed by atoms with Crippen molar-refractivity contribution < 1.29 is 4.74 Å². The fraction of sp³-hybridized carbons (Fsp3) is 0. The van der Waals surface area contributed by atoms with E-state index < -0.39 is 0 Å². The molecule has 3 aromatic carbocycles. The van der Waals surface area contributed by atoms with Crippen LogP contribution < -0.4 is 10.5 Å². The van der Waals surface area contributed by atoms with Gasteiger partial charge in [0, 0.05) is 11.1 Å². The summed E-state index contributed by atoms with van der Waals surface area (Å²) in [5.41, 5.74) is 9.20. The lowest BCUT2D eigenvalue weighted by atomic mass is 9.98. The number of nitrogens with zero attached hydrogens (tertiary/aromatic N) is 2. The highest BCUT2D eigenvalue weighted by atomic mass is 35.5. The Morgan fingerprint density at radius 1 is 0.800 bits per heavy atom. The number of hydrogen-bond donors (Lipinski definition) is 1. The highest BCUT2D eigenvalue weighted by molar-refractivity contribution is 6.42. The molecule has 0 unspecified atom stereocenters. The number of rotatable bonds is 4. The molecule has 0 amide bonds. The molecule has 0 bridgehead atoms. The summed E-state index contributed by atoms with van der Waals surface area (Å²) < 4.78 is 5.93. The van der Waals surface area contributed by atoms with Crippen LogP contribution >= 0.6 is 23.2 Å². The average molecular weight is 432 g/mol. The normalized spacial score (nSPS) is 10.4. The van der Waals surface area contributed by atoms with Crippen molar-refractivity contribution in [2.24, 2.45) is 0 Å². The Labute approximate surface area is 184 Å². The summed E-state index contributed by atoms with van der Waals surface area (Å²) in [5, 5.41) is 10.5. The van der Waals surface area contributed by atoms with Crippen LogP contribution in [0.25, 0.3) is 22.4 Å². The zero-order valence-corrected chi connectivity index (χ0v) is 17.2. The van der Waals surface area contributed by atoms with Gasteiger partial charge in [0.1, 0.15) is 28.9 Å². The van der Waals surface area contributed by atoms with Crippen molar-refractivity contribution >= 4 is 29.0 Å². The van der Waals surface area contributed by atoms with Crippen LogP contribution in [0.5, 0.6) is 11.5 Å². The van der Waals surface area contributed by atoms with Crippen LogP contribution in [0.4, 0.5) is 5.82 Å². The molecule has 146 valence electrons.